The molecule has 1 aromatic carbocycles. The molecule has 0 radical (unpaired) electrons. The van der Waals surface area contributed by atoms with Crippen molar-refractivity contribution >= 4 is 29.0 Å². The lowest BCUT2D eigenvalue weighted by molar-refractivity contribution is -0.137. The highest BCUT2D eigenvalue weighted by Gasteiger charge is 2.38. The summed E-state index contributed by atoms with van der Waals surface area (Å²) in [4.78, 5) is 39.6. The lowest BCUT2D eigenvalue weighted by atomic mass is 9.92. The SMILES string of the molecule is Nc1nccn2c(C3CCC4CCC(=O)N4C3)nc(-c3ccc(C(=O)Nc4cc(C(F)(F)F)ccn4)cc3F)c12. The topological polar surface area (TPSA) is 119 Å². The molecule has 0 aliphatic carbocycles. The molecule has 4 aromatic rings. The van der Waals surface area contributed by atoms with Gasteiger partial charge in [-0.1, -0.05) is 0 Å². The van der Waals surface area contributed by atoms with Gasteiger partial charge in [0.1, 0.15) is 34.5 Å². The van der Waals surface area contributed by atoms with E-state index < -0.39 is 23.5 Å². The second-order valence-corrected chi connectivity index (χ2v) is 9.94. The molecule has 2 aliphatic heterocycles. The Morgan fingerprint density at radius 1 is 1.07 bits per heavy atom. The molecule has 2 amide bonds. The first-order valence-electron chi connectivity index (χ1n) is 12.7. The summed E-state index contributed by atoms with van der Waals surface area (Å²) in [7, 11) is 0. The lowest BCUT2D eigenvalue weighted by Crippen LogP contribution is -2.41. The second kappa shape index (κ2) is 9.57. The molecule has 0 saturated carbocycles. The Kier molecular flexibility index (Phi) is 6.15. The van der Waals surface area contributed by atoms with Gasteiger partial charge in [0.25, 0.3) is 5.91 Å². The number of carbonyl (C=O) groups excluding carboxylic acids is 2. The number of pyridine rings is 1. The first-order chi connectivity index (χ1) is 19.1. The molecule has 0 spiro atoms. The van der Waals surface area contributed by atoms with E-state index in [1.807, 2.05) is 4.90 Å². The van der Waals surface area contributed by atoms with Crippen LogP contribution < -0.4 is 11.1 Å². The maximum absolute atomic E-state index is 15.5. The summed E-state index contributed by atoms with van der Waals surface area (Å²) in [5.74, 6) is -1.13. The van der Waals surface area contributed by atoms with E-state index in [1.54, 1.807) is 10.6 Å². The van der Waals surface area contributed by atoms with E-state index in [2.05, 4.69) is 15.3 Å². The fourth-order valence-corrected chi connectivity index (χ4v) is 5.55. The molecule has 3 N–H and O–H groups in total. The number of benzene rings is 1. The largest absolute Gasteiger partial charge is 0.416 e. The number of fused-ring (bicyclic) bond motifs is 2. The number of halogens is 4. The average Bonchev–Trinajstić information content (AvgIpc) is 3.49. The number of alkyl halides is 3. The van der Waals surface area contributed by atoms with Gasteiger partial charge >= 0.3 is 6.18 Å². The maximum Gasteiger partial charge on any atom is 0.416 e. The predicted octanol–water partition coefficient (Wildman–Crippen LogP) is 4.65. The molecule has 5 heterocycles. The van der Waals surface area contributed by atoms with E-state index in [4.69, 9.17) is 10.7 Å². The van der Waals surface area contributed by atoms with Gasteiger partial charge in [-0.25, -0.2) is 19.3 Å². The van der Waals surface area contributed by atoms with Gasteiger partial charge < -0.3 is 16.0 Å². The number of aromatic nitrogens is 4. The molecule has 13 heteroatoms. The number of carbonyl (C=O) groups is 2. The van der Waals surface area contributed by atoms with Gasteiger partial charge in [0, 0.05) is 54.6 Å². The standard InChI is InChI=1S/C27H23F4N7O2/c28-19-11-14(26(40)35-20-12-16(7-8-33-20)27(29,30)31)2-5-18(19)22-23-24(32)34-9-10-37(23)25(36-22)15-1-3-17-4-6-21(39)38(17)13-15/h2,5,7-12,15,17H,1,3-4,6,13H2,(H2,32,34)(H,33,35,40). The normalized spacial score (nSPS) is 19.2. The van der Waals surface area contributed by atoms with Crippen LogP contribution in [-0.2, 0) is 11.0 Å². The quantitative estimate of drug-likeness (QED) is 0.355. The molecule has 206 valence electrons. The van der Waals surface area contributed by atoms with Crippen LogP contribution >= 0.6 is 0 Å². The van der Waals surface area contributed by atoms with E-state index in [0.29, 0.717) is 30.4 Å². The summed E-state index contributed by atoms with van der Waals surface area (Å²) in [6, 6.07) is 5.40. The van der Waals surface area contributed by atoms with Gasteiger partial charge in [-0.3, -0.25) is 14.0 Å². The maximum atomic E-state index is 15.5. The summed E-state index contributed by atoms with van der Waals surface area (Å²) in [5, 5.41) is 2.27. The summed E-state index contributed by atoms with van der Waals surface area (Å²) < 4.78 is 56.2. The van der Waals surface area contributed by atoms with Crippen LogP contribution in [0.5, 0.6) is 0 Å². The number of imidazole rings is 1. The van der Waals surface area contributed by atoms with Crippen LogP contribution in [-0.4, -0.2) is 48.7 Å². The molecule has 2 atom stereocenters. The fourth-order valence-electron chi connectivity index (χ4n) is 5.55. The Hall–Kier alpha value is -4.55. The highest BCUT2D eigenvalue weighted by molar-refractivity contribution is 6.04. The van der Waals surface area contributed by atoms with E-state index in [0.717, 1.165) is 37.6 Å². The van der Waals surface area contributed by atoms with Gasteiger partial charge in [-0.05, 0) is 49.6 Å². The van der Waals surface area contributed by atoms with E-state index in [1.165, 1.54) is 18.3 Å². The Morgan fingerprint density at radius 2 is 1.90 bits per heavy atom. The predicted molar refractivity (Wildman–Crippen MR) is 137 cm³/mol. The zero-order chi connectivity index (χ0) is 28.2. The van der Waals surface area contributed by atoms with Crippen molar-refractivity contribution in [3.63, 3.8) is 0 Å². The fraction of sp³-hybridized carbons (Fsp3) is 0.296. The molecular formula is C27H23F4N7O2. The summed E-state index contributed by atoms with van der Waals surface area (Å²) in [6.07, 6.45) is 2.57. The summed E-state index contributed by atoms with van der Waals surface area (Å²) in [6.45, 7) is 0.509. The number of nitrogens with zero attached hydrogens (tertiary/aromatic N) is 5. The molecule has 0 bridgehead atoms. The van der Waals surface area contributed by atoms with Crippen LogP contribution in [0.1, 0.15) is 53.3 Å². The van der Waals surface area contributed by atoms with Crippen molar-refractivity contribution in [3.05, 3.63) is 71.7 Å². The second-order valence-electron chi connectivity index (χ2n) is 9.94. The zero-order valence-electron chi connectivity index (χ0n) is 21.0. The van der Waals surface area contributed by atoms with E-state index in [9.17, 15) is 22.8 Å². The van der Waals surface area contributed by atoms with Crippen molar-refractivity contribution < 1.29 is 27.2 Å². The number of nitrogen functional groups attached to an aromatic ring is 1. The Morgan fingerprint density at radius 3 is 2.67 bits per heavy atom. The van der Waals surface area contributed by atoms with Crippen LogP contribution in [0.2, 0.25) is 0 Å². The molecule has 40 heavy (non-hydrogen) atoms. The molecule has 2 aliphatic rings. The smallest absolute Gasteiger partial charge is 0.382 e. The van der Waals surface area contributed by atoms with Gasteiger partial charge in [-0.15, -0.1) is 0 Å². The van der Waals surface area contributed by atoms with Crippen LogP contribution in [0, 0.1) is 5.82 Å². The number of nitrogens with two attached hydrogens (primary N) is 1. The first-order valence-corrected chi connectivity index (χ1v) is 12.7. The number of piperidine rings is 1. The number of amides is 2. The molecule has 2 fully saturated rings. The van der Waals surface area contributed by atoms with Gasteiger partial charge in [-0.2, -0.15) is 13.2 Å². The average molecular weight is 554 g/mol. The molecule has 9 nitrogen and oxygen atoms in total. The van der Waals surface area contributed by atoms with E-state index in [-0.39, 0.29) is 46.3 Å². The van der Waals surface area contributed by atoms with Gasteiger partial charge in [0.15, 0.2) is 0 Å². The molecule has 6 rings (SSSR count). The third-order valence-electron chi connectivity index (χ3n) is 7.51. The molecular weight excluding hydrogens is 530 g/mol. The Balaban J connectivity index is 1.32. The van der Waals surface area contributed by atoms with E-state index >= 15 is 4.39 Å². The van der Waals surface area contributed by atoms with Crippen LogP contribution in [0.3, 0.4) is 0 Å². The summed E-state index contributed by atoms with van der Waals surface area (Å²) >= 11 is 0. The number of nitrogens with one attached hydrogen (secondary N) is 1. The van der Waals surface area contributed by atoms with Crippen molar-refractivity contribution in [2.24, 2.45) is 0 Å². The van der Waals surface area contributed by atoms with Crippen molar-refractivity contribution in [2.75, 3.05) is 17.6 Å². The third kappa shape index (κ3) is 4.50. The molecule has 3 aromatic heterocycles. The number of hydrogen-bond acceptors (Lipinski definition) is 6. The molecule has 2 saturated heterocycles. The Labute approximate surface area is 225 Å². The monoisotopic (exact) mass is 553 g/mol. The lowest BCUT2D eigenvalue weighted by Gasteiger charge is -2.34. The van der Waals surface area contributed by atoms with Crippen molar-refractivity contribution in [3.8, 4) is 11.3 Å². The minimum atomic E-state index is -4.61. The zero-order valence-corrected chi connectivity index (χ0v) is 21.0. The van der Waals surface area contributed by atoms with Crippen molar-refractivity contribution in [1.82, 2.24) is 24.3 Å². The summed E-state index contributed by atoms with van der Waals surface area (Å²) in [5.41, 5.74) is 5.80. The minimum absolute atomic E-state index is 0.0723. The first kappa shape index (κ1) is 25.7. The van der Waals surface area contributed by atoms with Crippen LogP contribution in [0.4, 0.5) is 29.2 Å². The Bertz CT molecular complexity index is 1650. The van der Waals surface area contributed by atoms with Crippen LogP contribution in [0.25, 0.3) is 16.8 Å². The number of rotatable bonds is 4. The highest BCUT2D eigenvalue weighted by atomic mass is 19.4. The number of hydrogen-bond donors (Lipinski definition) is 2. The van der Waals surface area contributed by atoms with Crippen molar-refractivity contribution in [1.29, 1.82) is 0 Å². The minimum Gasteiger partial charge on any atom is -0.382 e. The van der Waals surface area contributed by atoms with Crippen molar-refractivity contribution in [2.45, 2.75) is 43.8 Å². The van der Waals surface area contributed by atoms with Crippen LogP contribution in [0.15, 0.2) is 48.9 Å². The van der Waals surface area contributed by atoms with Gasteiger partial charge in [0.2, 0.25) is 5.91 Å². The molecule has 2 unspecified atom stereocenters. The van der Waals surface area contributed by atoms with Gasteiger partial charge in [0.05, 0.1) is 5.56 Å². The number of anilines is 2. The highest BCUT2D eigenvalue weighted by Crippen LogP contribution is 2.38. The third-order valence-corrected chi connectivity index (χ3v) is 7.51.